The van der Waals surface area contributed by atoms with E-state index in [-0.39, 0.29) is 5.97 Å². The summed E-state index contributed by atoms with van der Waals surface area (Å²) in [5.74, 6) is 0.0879. The first kappa shape index (κ1) is 11.6. The normalized spacial score (nSPS) is 10.5. The second-order valence-electron chi connectivity index (χ2n) is 3.35. The number of nitrogens with one attached hydrogen (secondary N) is 1. The van der Waals surface area contributed by atoms with Crippen LogP contribution >= 0.6 is 11.3 Å². The van der Waals surface area contributed by atoms with Crippen molar-refractivity contribution in [2.75, 3.05) is 12.3 Å². The Labute approximate surface area is 102 Å². The number of rotatable bonds is 3. The molecule has 0 aliphatic carbocycles. The molecule has 0 unspecified atom stereocenters. The van der Waals surface area contributed by atoms with E-state index in [0.717, 1.165) is 0 Å². The lowest BCUT2D eigenvalue weighted by atomic mass is 10.3. The fourth-order valence-corrected chi connectivity index (χ4v) is 2.35. The minimum atomic E-state index is -0.351. The van der Waals surface area contributed by atoms with Crippen molar-refractivity contribution in [1.29, 1.82) is 0 Å². The van der Waals surface area contributed by atoms with Crippen LogP contribution < -0.4 is 5.73 Å². The largest absolute Gasteiger partial charge is 0.462 e. The Morgan fingerprint density at radius 2 is 2.41 bits per heavy atom. The van der Waals surface area contributed by atoms with Crippen LogP contribution in [-0.2, 0) is 4.74 Å². The van der Waals surface area contributed by atoms with E-state index in [1.807, 2.05) is 0 Å². The molecule has 0 amide bonds. The molecule has 0 aliphatic rings. The van der Waals surface area contributed by atoms with E-state index >= 15 is 0 Å². The van der Waals surface area contributed by atoms with Crippen LogP contribution in [0, 0.1) is 6.92 Å². The third-order valence-electron chi connectivity index (χ3n) is 2.16. The number of carbonyl (C=O) groups is 1. The number of nitrogens with zero attached hydrogens (tertiary/aromatic N) is 2. The zero-order valence-electron chi connectivity index (χ0n) is 9.48. The minimum absolute atomic E-state index is 0.347. The van der Waals surface area contributed by atoms with E-state index < -0.39 is 0 Å². The quantitative estimate of drug-likeness (QED) is 0.809. The second-order valence-corrected chi connectivity index (χ2v) is 4.35. The fraction of sp³-hybridized carbons (Fsp3) is 0.300. The molecule has 2 aromatic rings. The Hall–Kier alpha value is -1.89. The van der Waals surface area contributed by atoms with Gasteiger partial charge in [-0.2, -0.15) is 5.10 Å². The van der Waals surface area contributed by atoms with Gasteiger partial charge in [0.1, 0.15) is 15.7 Å². The molecule has 17 heavy (non-hydrogen) atoms. The standard InChI is InChI=1S/C10H12N4O2S/c1-3-16-10(15)7-5(2)13-9(17-7)6-4-12-14-8(6)11/h4H,3H2,1-2H3,(H3,11,12,14). The van der Waals surface area contributed by atoms with Crippen molar-refractivity contribution in [1.82, 2.24) is 15.2 Å². The molecule has 7 heteroatoms. The lowest BCUT2D eigenvalue weighted by Gasteiger charge is -1.97. The summed E-state index contributed by atoms with van der Waals surface area (Å²) in [5, 5.41) is 7.11. The van der Waals surface area contributed by atoms with Gasteiger partial charge in [-0.1, -0.05) is 0 Å². The number of aryl methyl sites for hydroxylation is 1. The van der Waals surface area contributed by atoms with Gasteiger partial charge in [0.15, 0.2) is 0 Å². The van der Waals surface area contributed by atoms with E-state index in [0.29, 0.717) is 33.6 Å². The lowest BCUT2D eigenvalue weighted by molar-refractivity contribution is 0.0531. The van der Waals surface area contributed by atoms with Crippen LogP contribution in [0.1, 0.15) is 22.3 Å². The number of aromatic amines is 1. The van der Waals surface area contributed by atoms with Crippen molar-refractivity contribution in [2.45, 2.75) is 13.8 Å². The van der Waals surface area contributed by atoms with Gasteiger partial charge in [0, 0.05) is 0 Å². The molecule has 0 fully saturated rings. The number of hydrogen-bond acceptors (Lipinski definition) is 6. The number of carbonyl (C=O) groups excluding carboxylic acids is 1. The minimum Gasteiger partial charge on any atom is -0.462 e. The first-order chi connectivity index (χ1) is 8.13. The number of aromatic nitrogens is 3. The number of hydrogen-bond donors (Lipinski definition) is 2. The lowest BCUT2D eigenvalue weighted by Crippen LogP contribution is -2.03. The SMILES string of the molecule is CCOC(=O)c1sc(-c2cn[nH]c2N)nc1C. The Kier molecular flexibility index (Phi) is 3.10. The van der Waals surface area contributed by atoms with Gasteiger partial charge >= 0.3 is 5.97 Å². The average molecular weight is 252 g/mol. The predicted octanol–water partition coefficient (Wildman–Crippen LogP) is 1.60. The molecule has 0 bridgehead atoms. The van der Waals surface area contributed by atoms with Crippen molar-refractivity contribution in [3.05, 3.63) is 16.8 Å². The summed E-state index contributed by atoms with van der Waals surface area (Å²) in [7, 11) is 0. The van der Waals surface area contributed by atoms with Crippen molar-refractivity contribution < 1.29 is 9.53 Å². The number of thiazole rings is 1. The van der Waals surface area contributed by atoms with E-state index in [1.54, 1.807) is 20.0 Å². The Morgan fingerprint density at radius 1 is 1.65 bits per heavy atom. The van der Waals surface area contributed by atoms with Crippen LogP contribution in [0.25, 0.3) is 10.6 Å². The molecular weight excluding hydrogens is 240 g/mol. The first-order valence-electron chi connectivity index (χ1n) is 5.07. The topological polar surface area (TPSA) is 93.9 Å². The Morgan fingerprint density at radius 3 is 3.00 bits per heavy atom. The molecule has 0 saturated heterocycles. The van der Waals surface area contributed by atoms with Gasteiger partial charge in [-0.3, -0.25) is 5.10 Å². The Balaban J connectivity index is 2.37. The molecule has 0 atom stereocenters. The summed E-state index contributed by atoms with van der Waals surface area (Å²) >= 11 is 1.25. The van der Waals surface area contributed by atoms with Crippen LogP contribution in [0.2, 0.25) is 0 Å². The highest BCUT2D eigenvalue weighted by molar-refractivity contribution is 7.17. The Bertz CT molecular complexity index is 546. The molecule has 2 rings (SSSR count). The molecule has 2 aromatic heterocycles. The van der Waals surface area contributed by atoms with E-state index in [1.165, 1.54) is 11.3 Å². The van der Waals surface area contributed by atoms with Crippen LogP contribution in [-0.4, -0.2) is 27.8 Å². The molecule has 0 aromatic carbocycles. The number of nitrogen functional groups attached to an aromatic ring is 1. The highest BCUT2D eigenvalue weighted by Crippen LogP contribution is 2.30. The maximum absolute atomic E-state index is 11.6. The van der Waals surface area contributed by atoms with Crippen LogP contribution in [0.3, 0.4) is 0 Å². The second kappa shape index (κ2) is 4.54. The van der Waals surface area contributed by atoms with Gasteiger partial charge in [-0.25, -0.2) is 9.78 Å². The molecule has 0 radical (unpaired) electrons. The highest BCUT2D eigenvalue weighted by Gasteiger charge is 2.18. The van der Waals surface area contributed by atoms with Crippen molar-refractivity contribution in [3.8, 4) is 10.6 Å². The van der Waals surface area contributed by atoms with Gasteiger partial charge < -0.3 is 10.5 Å². The highest BCUT2D eigenvalue weighted by atomic mass is 32.1. The molecule has 6 nitrogen and oxygen atoms in total. The summed E-state index contributed by atoms with van der Waals surface area (Å²) in [5.41, 5.74) is 7.04. The predicted molar refractivity (Wildman–Crippen MR) is 64.8 cm³/mol. The van der Waals surface area contributed by atoms with Gasteiger partial charge in [0.05, 0.1) is 24.1 Å². The zero-order chi connectivity index (χ0) is 12.4. The molecule has 2 heterocycles. The molecule has 0 aliphatic heterocycles. The molecule has 90 valence electrons. The summed E-state index contributed by atoms with van der Waals surface area (Å²) in [4.78, 5) is 16.4. The molecule has 0 spiro atoms. The van der Waals surface area contributed by atoms with E-state index in [2.05, 4.69) is 15.2 Å². The van der Waals surface area contributed by atoms with Gasteiger partial charge in [-0.15, -0.1) is 11.3 Å². The van der Waals surface area contributed by atoms with Crippen LogP contribution in [0.15, 0.2) is 6.20 Å². The van der Waals surface area contributed by atoms with Gasteiger partial charge in [0.25, 0.3) is 0 Å². The first-order valence-corrected chi connectivity index (χ1v) is 5.89. The third-order valence-corrected chi connectivity index (χ3v) is 3.33. The maximum atomic E-state index is 11.6. The number of esters is 1. The molecule has 3 N–H and O–H groups in total. The van der Waals surface area contributed by atoms with E-state index in [9.17, 15) is 4.79 Å². The van der Waals surface area contributed by atoms with E-state index in [4.69, 9.17) is 10.5 Å². The monoisotopic (exact) mass is 252 g/mol. The molecule has 0 saturated carbocycles. The number of anilines is 1. The summed E-state index contributed by atoms with van der Waals surface area (Å²) in [6.45, 7) is 3.88. The van der Waals surface area contributed by atoms with Crippen LogP contribution in [0.5, 0.6) is 0 Å². The smallest absolute Gasteiger partial charge is 0.350 e. The number of ether oxygens (including phenoxy) is 1. The number of nitrogens with two attached hydrogens (primary N) is 1. The third kappa shape index (κ3) is 2.14. The van der Waals surface area contributed by atoms with Crippen LogP contribution in [0.4, 0.5) is 5.82 Å². The number of H-pyrrole nitrogens is 1. The zero-order valence-corrected chi connectivity index (χ0v) is 10.3. The maximum Gasteiger partial charge on any atom is 0.350 e. The van der Waals surface area contributed by atoms with Gasteiger partial charge in [0.2, 0.25) is 0 Å². The van der Waals surface area contributed by atoms with Gasteiger partial charge in [-0.05, 0) is 13.8 Å². The van der Waals surface area contributed by atoms with Crippen molar-refractivity contribution in [3.63, 3.8) is 0 Å². The average Bonchev–Trinajstić information content (AvgIpc) is 2.84. The summed E-state index contributed by atoms with van der Waals surface area (Å²) in [6, 6.07) is 0. The van der Waals surface area contributed by atoms with Crippen molar-refractivity contribution in [2.24, 2.45) is 0 Å². The van der Waals surface area contributed by atoms with Crippen molar-refractivity contribution >= 4 is 23.1 Å². The molecular formula is C10H12N4O2S. The fourth-order valence-electron chi connectivity index (χ4n) is 1.36. The summed E-state index contributed by atoms with van der Waals surface area (Å²) in [6.07, 6.45) is 1.59. The summed E-state index contributed by atoms with van der Waals surface area (Å²) < 4.78 is 4.95.